The number of carbonyl (C=O) groups excluding carboxylic acids is 1. The number of aromatic amines is 1. The zero-order valence-corrected chi connectivity index (χ0v) is 26.9. The molecule has 1 aliphatic heterocycles. The van der Waals surface area contributed by atoms with Crippen LogP contribution in [0, 0.1) is 5.41 Å². The van der Waals surface area contributed by atoms with E-state index in [9.17, 15) is 9.59 Å². The van der Waals surface area contributed by atoms with Crippen LogP contribution in [-0.4, -0.2) is 42.1 Å². The van der Waals surface area contributed by atoms with Crippen molar-refractivity contribution in [1.82, 2.24) is 30.0 Å². The van der Waals surface area contributed by atoms with Gasteiger partial charge >= 0.3 is 5.97 Å². The minimum absolute atomic E-state index is 0.0557. The van der Waals surface area contributed by atoms with E-state index in [4.69, 9.17) is 4.74 Å². The molecule has 0 spiro atoms. The Morgan fingerprint density at radius 2 is 1.78 bits per heavy atom. The Kier molecular flexibility index (Phi) is 9.33. The van der Waals surface area contributed by atoms with Crippen molar-refractivity contribution in [3.8, 4) is 22.5 Å². The van der Waals surface area contributed by atoms with Crippen LogP contribution in [0.4, 0.5) is 0 Å². The molecule has 0 bridgehead atoms. The summed E-state index contributed by atoms with van der Waals surface area (Å²) in [6, 6.07) is 16.5. The normalized spacial score (nSPS) is 17.7. The summed E-state index contributed by atoms with van der Waals surface area (Å²) in [7, 11) is 0. The Labute approximate surface area is 265 Å². The zero-order chi connectivity index (χ0) is 31.4. The lowest BCUT2D eigenvalue weighted by Gasteiger charge is -2.45. The van der Waals surface area contributed by atoms with E-state index >= 15 is 0 Å². The van der Waals surface area contributed by atoms with Gasteiger partial charge < -0.3 is 4.74 Å². The van der Waals surface area contributed by atoms with Crippen LogP contribution in [0.1, 0.15) is 108 Å². The van der Waals surface area contributed by atoms with Crippen LogP contribution in [0.2, 0.25) is 0 Å². The first kappa shape index (κ1) is 31.0. The number of hydrogen-bond acceptors (Lipinski definition) is 6. The smallest absolute Gasteiger partial charge is 0.314 e. The van der Waals surface area contributed by atoms with Crippen LogP contribution in [0.25, 0.3) is 22.5 Å². The zero-order valence-electron chi connectivity index (χ0n) is 26.9. The predicted octanol–water partition coefficient (Wildman–Crippen LogP) is 7.06. The Morgan fingerprint density at radius 1 is 1.02 bits per heavy atom. The van der Waals surface area contributed by atoms with Crippen LogP contribution in [0.15, 0.2) is 53.3 Å². The number of ether oxygens (including phenoxy) is 1. The summed E-state index contributed by atoms with van der Waals surface area (Å²) in [5, 5.41) is 14.6. The summed E-state index contributed by atoms with van der Waals surface area (Å²) >= 11 is 0. The summed E-state index contributed by atoms with van der Waals surface area (Å²) in [5.74, 6) is 0.482. The fourth-order valence-electron chi connectivity index (χ4n) is 7.68. The number of carbonyl (C=O) groups is 1. The lowest BCUT2D eigenvalue weighted by molar-refractivity contribution is -0.167. The number of nitrogens with zero attached hydrogens (tertiary/aromatic N) is 5. The monoisotopic (exact) mass is 610 g/mol. The number of nitrogens with one attached hydrogen (secondary N) is 1. The summed E-state index contributed by atoms with van der Waals surface area (Å²) in [4.78, 5) is 28.1. The van der Waals surface area contributed by atoms with Gasteiger partial charge in [-0.2, -0.15) is 5.21 Å². The molecule has 9 nitrogen and oxygen atoms in total. The van der Waals surface area contributed by atoms with E-state index in [2.05, 4.69) is 62.6 Å². The van der Waals surface area contributed by atoms with Crippen LogP contribution in [0.3, 0.4) is 0 Å². The number of H-pyrrole nitrogens is 1. The van der Waals surface area contributed by atoms with Gasteiger partial charge in [0.15, 0.2) is 0 Å². The number of benzene rings is 2. The van der Waals surface area contributed by atoms with Gasteiger partial charge in [-0.25, -0.2) is 4.68 Å². The molecule has 1 aliphatic carbocycles. The Morgan fingerprint density at radius 3 is 2.47 bits per heavy atom. The van der Waals surface area contributed by atoms with Gasteiger partial charge in [0.05, 0.1) is 17.6 Å². The largest absolute Gasteiger partial charge is 0.462 e. The van der Waals surface area contributed by atoms with Gasteiger partial charge in [-0.3, -0.25) is 14.3 Å². The molecule has 4 aromatic rings. The van der Waals surface area contributed by atoms with E-state index in [1.54, 1.807) is 0 Å². The Hall–Kier alpha value is -4.01. The van der Waals surface area contributed by atoms with E-state index in [0.717, 1.165) is 104 Å². The number of aromatic nitrogens is 6. The second-order valence-electron chi connectivity index (χ2n) is 13.1. The topological polar surface area (TPSA) is 108 Å². The van der Waals surface area contributed by atoms with Crippen molar-refractivity contribution in [3.63, 3.8) is 0 Å². The highest BCUT2D eigenvalue weighted by molar-refractivity contribution is 5.80. The summed E-state index contributed by atoms with van der Waals surface area (Å²) in [6.07, 6.45) is 11.1. The van der Waals surface area contributed by atoms with E-state index in [1.807, 2.05) is 36.7 Å². The molecular formula is C36H46N6O3. The fourth-order valence-corrected chi connectivity index (χ4v) is 7.68. The van der Waals surface area contributed by atoms with E-state index in [0.29, 0.717) is 18.8 Å². The second kappa shape index (κ2) is 13.5. The van der Waals surface area contributed by atoms with Crippen LogP contribution in [-0.2, 0) is 28.9 Å². The highest BCUT2D eigenvalue weighted by Crippen LogP contribution is 2.50. The third-order valence-electron chi connectivity index (χ3n) is 9.83. The first-order valence-corrected chi connectivity index (χ1v) is 16.9. The average molecular weight is 611 g/mol. The number of tetrazole rings is 1. The molecule has 9 heteroatoms. The molecule has 2 aromatic heterocycles. The molecule has 1 saturated carbocycles. The van der Waals surface area contributed by atoms with Crippen molar-refractivity contribution in [3.05, 3.63) is 75.7 Å². The van der Waals surface area contributed by atoms with Crippen LogP contribution in [0.5, 0.6) is 0 Å². The van der Waals surface area contributed by atoms with Gasteiger partial charge in [-0.05, 0) is 74.3 Å². The summed E-state index contributed by atoms with van der Waals surface area (Å²) in [6.45, 7) is 6.77. The van der Waals surface area contributed by atoms with Gasteiger partial charge in [-0.15, -0.1) is 10.2 Å². The second-order valence-corrected chi connectivity index (χ2v) is 13.1. The average Bonchev–Trinajstić information content (AvgIpc) is 3.69. The van der Waals surface area contributed by atoms with Gasteiger partial charge in [0.1, 0.15) is 0 Å². The molecule has 0 amide bonds. The highest BCUT2D eigenvalue weighted by Gasteiger charge is 2.50. The molecule has 3 heterocycles. The van der Waals surface area contributed by atoms with Crippen molar-refractivity contribution in [2.24, 2.45) is 5.41 Å². The van der Waals surface area contributed by atoms with Gasteiger partial charge in [0.25, 0.3) is 5.56 Å². The minimum Gasteiger partial charge on any atom is -0.462 e. The highest BCUT2D eigenvalue weighted by atomic mass is 16.5. The third-order valence-corrected chi connectivity index (χ3v) is 9.83. The van der Waals surface area contributed by atoms with Gasteiger partial charge in [-0.1, -0.05) is 87.6 Å². The molecule has 1 unspecified atom stereocenters. The SMILES string of the molecule is CCCCCc1c(Cc2ccc(-c3ccccc3-c3nn[nH]n3)cc2)c(=O)n2n1C(C1(C(=O)OC(C)C)CCCCC1)CCC2. The van der Waals surface area contributed by atoms with E-state index in [-0.39, 0.29) is 23.7 Å². The molecule has 1 atom stereocenters. The molecule has 2 aromatic carbocycles. The third kappa shape index (κ3) is 6.14. The molecule has 0 radical (unpaired) electrons. The van der Waals surface area contributed by atoms with Crippen molar-refractivity contribution >= 4 is 5.97 Å². The van der Waals surface area contributed by atoms with Crippen molar-refractivity contribution in [1.29, 1.82) is 0 Å². The van der Waals surface area contributed by atoms with E-state index in [1.165, 1.54) is 0 Å². The van der Waals surface area contributed by atoms with Crippen molar-refractivity contribution in [2.75, 3.05) is 0 Å². The minimum atomic E-state index is -0.583. The maximum Gasteiger partial charge on any atom is 0.314 e. The molecule has 1 fully saturated rings. The fraction of sp³-hybridized carbons (Fsp3) is 0.528. The van der Waals surface area contributed by atoms with Gasteiger partial charge in [0, 0.05) is 29.8 Å². The summed E-state index contributed by atoms with van der Waals surface area (Å²) in [5.41, 5.74) is 5.59. The first-order chi connectivity index (χ1) is 21.9. The maximum atomic E-state index is 14.2. The number of esters is 1. The van der Waals surface area contributed by atoms with Gasteiger partial charge in [0.2, 0.25) is 5.82 Å². The molecular weight excluding hydrogens is 564 g/mol. The molecule has 2 aliphatic rings. The van der Waals surface area contributed by atoms with Crippen molar-refractivity contribution in [2.45, 2.75) is 117 Å². The number of fused-ring (bicyclic) bond motifs is 1. The number of rotatable bonds is 11. The first-order valence-electron chi connectivity index (χ1n) is 16.9. The molecule has 0 saturated heterocycles. The maximum absolute atomic E-state index is 14.2. The molecule has 45 heavy (non-hydrogen) atoms. The van der Waals surface area contributed by atoms with Crippen LogP contribution >= 0.6 is 0 Å². The lowest BCUT2D eigenvalue weighted by atomic mass is 9.67. The lowest BCUT2D eigenvalue weighted by Crippen LogP contribution is -2.47. The Bertz CT molecular complexity index is 1640. The molecule has 6 rings (SSSR count). The quantitative estimate of drug-likeness (QED) is 0.144. The predicted molar refractivity (Wildman–Crippen MR) is 175 cm³/mol. The summed E-state index contributed by atoms with van der Waals surface area (Å²) < 4.78 is 10.2. The standard InChI is InChI=1S/C36H46N6O3/c1-4-5-7-15-31-30(24-26-17-19-27(20-18-26)28-13-8-9-14-29(28)33-37-39-40-38-33)34(43)41-23-12-16-32(42(31)41)36(21-10-6-11-22-36)35(44)45-25(2)3/h8-9,13-14,17-20,25,32H,4-7,10-12,15-16,21-24H2,1-3H3,(H,37,38,39,40). The van der Waals surface area contributed by atoms with E-state index < -0.39 is 5.41 Å². The van der Waals surface area contributed by atoms with Crippen LogP contribution < -0.4 is 5.56 Å². The number of hydrogen-bond donors (Lipinski definition) is 1. The molecule has 1 N–H and O–H groups in total. The Balaban J connectivity index is 1.37. The van der Waals surface area contributed by atoms with Crippen molar-refractivity contribution < 1.29 is 9.53 Å². The number of unbranched alkanes of at least 4 members (excludes halogenated alkanes) is 2. The molecule has 238 valence electrons.